The number of aliphatic hydroxyl groups is 2. The van der Waals surface area contributed by atoms with Crippen molar-refractivity contribution in [2.45, 2.75) is 45.3 Å². The molecule has 0 aromatic carbocycles. The molecule has 1 amide bonds. The maximum absolute atomic E-state index is 11.2. The van der Waals surface area contributed by atoms with Gasteiger partial charge in [0.25, 0.3) is 0 Å². The Morgan fingerprint density at radius 3 is 2.38 bits per heavy atom. The van der Waals surface area contributed by atoms with E-state index in [9.17, 15) is 4.79 Å². The third kappa shape index (κ3) is 7.74. The Kier molecular flexibility index (Phi) is 4.95. The molecule has 0 aromatic rings. The Hall–Kier alpha value is -0.610. The molecule has 4 heteroatoms. The van der Waals surface area contributed by atoms with Gasteiger partial charge in [-0.15, -0.1) is 0 Å². The van der Waals surface area contributed by atoms with Crippen molar-refractivity contribution >= 4 is 5.91 Å². The zero-order valence-corrected chi connectivity index (χ0v) is 8.50. The molecule has 0 unspecified atom stereocenters. The summed E-state index contributed by atoms with van der Waals surface area (Å²) in [7, 11) is 0. The first-order valence-corrected chi connectivity index (χ1v) is 4.45. The molecule has 3 N–H and O–H groups in total. The lowest BCUT2D eigenvalue weighted by Gasteiger charge is -2.20. The molecule has 0 spiro atoms. The molecule has 0 bridgehead atoms. The van der Waals surface area contributed by atoms with Crippen LogP contribution in [0.15, 0.2) is 0 Å². The summed E-state index contributed by atoms with van der Waals surface area (Å²) >= 11 is 0. The molecule has 0 saturated carbocycles. The van der Waals surface area contributed by atoms with Crippen molar-refractivity contribution in [2.24, 2.45) is 0 Å². The first-order chi connectivity index (χ1) is 5.85. The molecule has 0 radical (unpaired) electrons. The zero-order chi connectivity index (χ0) is 10.5. The molecule has 0 fully saturated rings. The molecule has 78 valence electrons. The van der Waals surface area contributed by atoms with Crippen LogP contribution >= 0.6 is 0 Å². The fourth-order valence-corrected chi connectivity index (χ4v) is 0.870. The number of aliphatic hydroxyl groups excluding tert-OH is 2. The SMILES string of the molecule is CC(C)(C)NC(=O)CC[C@H](O)CO. The normalized spacial score (nSPS) is 13.9. The van der Waals surface area contributed by atoms with Crippen molar-refractivity contribution in [3.63, 3.8) is 0 Å². The van der Waals surface area contributed by atoms with Gasteiger partial charge in [0.2, 0.25) is 5.91 Å². The van der Waals surface area contributed by atoms with Crippen LogP contribution in [0.4, 0.5) is 0 Å². The van der Waals surface area contributed by atoms with E-state index >= 15 is 0 Å². The Morgan fingerprint density at radius 2 is 2.00 bits per heavy atom. The van der Waals surface area contributed by atoms with Crippen LogP contribution in [-0.4, -0.2) is 34.4 Å². The topological polar surface area (TPSA) is 69.6 Å². The summed E-state index contributed by atoms with van der Waals surface area (Å²) in [4.78, 5) is 11.2. The summed E-state index contributed by atoms with van der Waals surface area (Å²) in [6.45, 7) is 5.40. The first kappa shape index (κ1) is 12.4. The van der Waals surface area contributed by atoms with E-state index in [-0.39, 0.29) is 24.5 Å². The number of rotatable bonds is 4. The Balaban J connectivity index is 3.64. The van der Waals surface area contributed by atoms with Crippen molar-refractivity contribution < 1.29 is 15.0 Å². The average molecular weight is 189 g/mol. The van der Waals surface area contributed by atoms with Crippen LogP contribution in [0.25, 0.3) is 0 Å². The molecule has 4 nitrogen and oxygen atoms in total. The molecule has 13 heavy (non-hydrogen) atoms. The summed E-state index contributed by atoms with van der Waals surface area (Å²) < 4.78 is 0. The fourth-order valence-electron chi connectivity index (χ4n) is 0.870. The van der Waals surface area contributed by atoms with Gasteiger partial charge in [-0.2, -0.15) is 0 Å². The van der Waals surface area contributed by atoms with Crippen LogP contribution in [0.1, 0.15) is 33.6 Å². The molecule has 0 heterocycles. The van der Waals surface area contributed by atoms with Crippen molar-refractivity contribution in [3.05, 3.63) is 0 Å². The Morgan fingerprint density at radius 1 is 1.46 bits per heavy atom. The van der Waals surface area contributed by atoms with Crippen LogP contribution in [0, 0.1) is 0 Å². The lowest BCUT2D eigenvalue weighted by Crippen LogP contribution is -2.40. The van der Waals surface area contributed by atoms with Gasteiger partial charge < -0.3 is 15.5 Å². The van der Waals surface area contributed by atoms with Crippen molar-refractivity contribution in [1.82, 2.24) is 5.32 Å². The second-order valence-electron chi connectivity index (χ2n) is 4.17. The van der Waals surface area contributed by atoms with Crippen LogP contribution < -0.4 is 5.32 Å². The summed E-state index contributed by atoms with van der Waals surface area (Å²) in [6.07, 6.45) is -0.233. The standard InChI is InChI=1S/C9H19NO3/c1-9(2,3)10-8(13)5-4-7(12)6-11/h7,11-12H,4-6H2,1-3H3,(H,10,13)/t7-/m0/s1. The van der Waals surface area contributed by atoms with E-state index < -0.39 is 6.10 Å². The highest BCUT2D eigenvalue weighted by Crippen LogP contribution is 2.02. The largest absolute Gasteiger partial charge is 0.394 e. The van der Waals surface area contributed by atoms with Gasteiger partial charge in [-0.05, 0) is 27.2 Å². The number of amides is 1. The van der Waals surface area contributed by atoms with E-state index in [4.69, 9.17) is 10.2 Å². The highest BCUT2D eigenvalue weighted by atomic mass is 16.3. The maximum atomic E-state index is 11.2. The minimum absolute atomic E-state index is 0.0972. The second kappa shape index (κ2) is 5.19. The van der Waals surface area contributed by atoms with Crippen molar-refractivity contribution in [1.29, 1.82) is 0 Å². The third-order valence-corrected chi connectivity index (χ3v) is 1.43. The number of carbonyl (C=O) groups is 1. The summed E-state index contributed by atoms with van der Waals surface area (Å²) in [5.74, 6) is -0.0972. The van der Waals surface area contributed by atoms with Crippen molar-refractivity contribution in [2.75, 3.05) is 6.61 Å². The quantitative estimate of drug-likeness (QED) is 0.584. The Bertz CT molecular complexity index is 163. The van der Waals surface area contributed by atoms with E-state index in [0.29, 0.717) is 6.42 Å². The summed E-state index contributed by atoms with van der Waals surface area (Å²) in [5, 5.41) is 20.2. The number of carbonyl (C=O) groups excluding carboxylic acids is 1. The monoisotopic (exact) mass is 189 g/mol. The third-order valence-electron chi connectivity index (χ3n) is 1.43. The van der Waals surface area contributed by atoms with Gasteiger partial charge in [0, 0.05) is 12.0 Å². The molecular weight excluding hydrogens is 170 g/mol. The van der Waals surface area contributed by atoms with E-state index in [1.54, 1.807) is 0 Å². The first-order valence-electron chi connectivity index (χ1n) is 4.45. The second-order valence-corrected chi connectivity index (χ2v) is 4.17. The predicted molar refractivity (Wildman–Crippen MR) is 50.2 cm³/mol. The maximum Gasteiger partial charge on any atom is 0.220 e. The highest BCUT2D eigenvalue weighted by Gasteiger charge is 2.14. The van der Waals surface area contributed by atoms with Gasteiger partial charge in [0.05, 0.1) is 12.7 Å². The minimum atomic E-state index is -0.786. The zero-order valence-electron chi connectivity index (χ0n) is 8.50. The molecule has 0 aromatic heterocycles. The molecule has 0 saturated heterocycles. The predicted octanol–water partition coefficient (Wildman–Crippen LogP) is 0.0345. The van der Waals surface area contributed by atoms with Crippen LogP contribution in [0.2, 0.25) is 0 Å². The van der Waals surface area contributed by atoms with E-state index in [1.807, 2.05) is 20.8 Å². The minimum Gasteiger partial charge on any atom is -0.394 e. The molecular formula is C9H19NO3. The molecule has 1 atom stereocenters. The van der Waals surface area contributed by atoms with Gasteiger partial charge >= 0.3 is 0 Å². The smallest absolute Gasteiger partial charge is 0.220 e. The molecule has 0 aliphatic rings. The van der Waals surface area contributed by atoms with E-state index in [2.05, 4.69) is 5.32 Å². The van der Waals surface area contributed by atoms with E-state index in [1.165, 1.54) is 0 Å². The molecule has 0 rings (SSSR count). The van der Waals surface area contributed by atoms with Gasteiger partial charge in [0.1, 0.15) is 0 Å². The number of hydrogen-bond acceptors (Lipinski definition) is 3. The fraction of sp³-hybridized carbons (Fsp3) is 0.889. The highest BCUT2D eigenvalue weighted by molar-refractivity contribution is 5.76. The average Bonchev–Trinajstić information content (AvgIpc) is 1.97. The van der Waals surface area contributed by atoms with Crippen LogP contribution in [0.3, 0.4) is 0 Å². The lowest BCUT2D eigenvalue weighted by atomic mass is 10.1. The molecule has 0 aliphatic heterocycles. The lowest BCUT2D eigenvalue weighted by molar-refractivity contribution is -0.123. The van der Waals surface area contributed by atoms with Crippen molar-refractivity contribution in [3.8, 4) is 0 Å². The van der Waals surface area contributed by atoms with E-state index in [0.717, 1.165) is 0 Å². The van der Waals surface area contributed by atoms with Gasteiger partial charge in [0.15, 0.2) is 0 Å². The van der Waals surface area contributed by atoms with Gasteiger partial charge in [-0.1, -0.05) is 0 Å². The molecule has 0 aliphatic carbocycles. The number of nitrogens with one attached hydrogen (secondary N) is 1. The Labute approximate surface area is 79.0 Å². The van der Waals surface area contributed by atoms with Crippen LogP contribution in [-0.2, 0) is 4.79 Å². The van der Waals surface area contributed by atoms with Gasteiger partial charge in [-0.3, -0.25) is 4.79 Å². The number of hydrogen-bond donors (Lipinski definition) is 3. The summed E-state index contributed by atoms with van der Waals surface area (Å²) in [6, 6.07) is 0. The summed E-state index contributed by atoms with van der Waals surface area (Å²) in [5.41, 5.74) is -0.235. The van der Waals surface area contributed by atoms with Crippen LogP contribution in [0.5, 0.6) is 0 Å². The van der Waals surface area contributed by atoms with Gasteiger partial charge in [-0.25, -0.2) is 0 Å².